The lowest BCUT2D eigenvalue weighted by Crippen LogP contribution is -2.16. The zero-order valence-corrected chi connectivity index (χ0v) is 16.0. The van der Waals surface area contributed by atoms with Crippen molar-refractivity contribution in [2.75, 3.05) is 11.9 Å². The van der Waals surface area contributed by atoms with Gasteiger partial charge in [-0.05, 0) is 65.7 Å². The topological polar surface area (TPSA) is 72.7 Å². The van der Waals surface area contributed by atoms with Crippen LogP contribution in [0.5, 0.6) is 0 Å². The summed E-state index contributed by atoms with van der Waals surface area (Å²) >= 11 is 3.42. The number of rotatable bonds is 5. The number of ether oxygens (including phenoxy) is 1. The molecule has 1 aromatic carbocycles. The van der Waals surface area contributed by atoms with E-state index in [4.69, 9.17) is 4.74 Å². The minimum atomic E-state index is -0.384. The van der Waals surface area contributed by atoms with Crippen LogP contribution in [-0.2, 0) is 11.2 Å². The van der Waals surface area contributed by atoms with Crippen LogP contribution in [0, 0.1) is 0 Å². The number of fused-ring (bicyclic) bond motifs is 1. The molecule has 0 atom stereocenters. The van der Waals surface area contributed by atoms with Crippen LogP contribution in [0.4, 0.5) is 5.69 Å². The summed E-state index contributed by atoms with van der Waals surface area (Å²) in [6, 6.07) is 10.3. The summed E-state index contributed by atoms with van der Waals surface area (Å²) in [6.07, 6.45) is 2.46. The predicted molar refractivity (Wildman–Crippen MR) is 103 cm³/mol. The van der Waals surface area contributed by atoms with Crippen molar-refractivity contribution in [3.8, 4) is 0 Å². The molecule has 0 spiro atoms. The van der Waals surface area contributed by atoms with Gasteiger partial charge in [-0.15, -0.1) is 0 Å². The second kappa shape index (κ2) is 7.70. The van der Waals surface area contributed by atoms with Gasteiger partial charge in [0.05, 0.1) is 17.9 Å². The van der Waals surface area contributed by atoms with Gasteiger partial charge in [-0.2, -0.15) is 0 Å². The summed E-state index contributed by atoms with van der Waals surface area (Å²) < 4.78 is 7.58. The highest BCUT2D eigenvalue weighted by Crippen LogP contribution is 2.19. The number of amides is 1. The number of imidazole rings is 1. The van der Waals surface area contributed by atoms with E-state index in [2.05, 4.69) is 26.2 Å². The lowest BCUT2D eigenvalue weighted by atomic mass is 10.2. The number of pyridine rings is 1. The predicted octanol–water partition coefficient (Wildman–Crippen LogP) is 4.09. The van der Waals surface area contributed by atoms with Crippen LogP contribution in [0.2, 0.25) is 0 Å². The molecule has 0 bridgehead atoms. The number of aryl methyl sites for hydroxylation is 1. The molecule has 0 radical (unpaired) electrons. The SMILES string of the molecule is CCOC(=O)c1ccc(NC(=O)c2c(CC)nc3ccc(Br)cn23)cc1. The number of esters is 1. The van der Waals surface area contributed by atoms with Gasteiger partial charge in [0, 0.05) is 16.4 Å². The average molecular weight is 416 g/mol. The fourth-order valence-electron chi connectivity index (χ4n) is 2.65. The number of benzene rings is 1. The Morgan fingerprint density at radius 3 is 2.54 bits per heavy atom. The molecule has 0 aliphatic rings. The Balaban J connectivity index is 1.87. The molecule has 2 aromatic heterocycles. The Morgan fingerprint density at radius 1 is 1.15 bits per heavy atom. The Bertz CT molecular complexity index is 964. The molecule has 0 aliphatic heterocycles. The Labute approximate surface area is 159 Å². The van der Waals surface area contributed by atoms with Crippen LogP contribution in [0.15, 0.2) is 47.1 Å². The molecule has 0 aliphatic carbocycles. The molecule has 134 valence electrons. The lowest BCUT2D eigenvalue weighted by molar-refractivity contribution is 0.0526. The second-order valence-electron chi connectivity index (χ2n) is 5.59. The van der Waals surface area contributed by atoms with Crippen LogP contribution in [0.25, 0.3) is 5.65 Å². The summed E-state index contributed by atoms with van der Waals surface area (Å²) in [5.74, 6) is -0.637. The molecule has 6 nitrogen and oxygen atoms in total. The van der Waals surface area contributed by atoms with Crippen molar-refractivity contribution in [3.63, 3.8) is 0 Å². The maximum absolute atomic E-state index is 12.8. The first-order valence-electron chi connectivity index (χ1n) is 8.28. The third-order valence-electron chi connectivity index (χ3n) is 3.86. The van der Waals surface area contributed by atoms with Crippen LogP contribution in [0.1, 0.15) is 40.4 Å². The zero-order valence-electron chi connectivity index (χ0n) is 14.5. The number of hydrogen-bond donors (Lipinski definition) is 1. The Kier molecular flexibility index (Phi) is 5.37. The number of nitrogens with zero attached hydrogens (tertiary/aromatic N) is 2. The number of nitrogens with one attached hydrogen (secondary N) is 1. The standard InChI is InChI=1S/C19H18BrN3O3/c1-3-15-17(23-11-13(20)7-10-16(23)22-15)18(24)21-14-8-5-12(6-9-14)19(25)26-4-2/h5-11H,3-4H2,1-2H3,(H,21,24). The molecular weight excluding hydrogens is 398 g/mol. The van der Waals surface area contributed by atoms with Gasteiger partial charge in [0.1, 0.15) is 11.3 Å². The number of halogens is 1. The summed E-state index contributed by atoms with van der Waals surface area (Å²) in [5, 5.41) is 2.86. The first kappa shape index (κ1) is 18.1. The van der Waals surface area contributed by atoms with Gasteiger partial charge in [0.2, 0.25) is 0 Å². The quantitative estimate of drug-likeness (QED) is 0.636. The third-order valence-corrected chi connectivity index (χ3v) is 4.33. The van der Waals surface area contributed by atoms with Crippen LogP contribution >= 0.6 is 15.9 Å². The number of carbonyl (C=O) groups is 2. The molecule has 0 fully saturated rings. The van der Waals surface area contributed by atoms with Crippen LogP contribution in [-0.4, -0.2) is 27.9 Å². The molecule has 0 unspecified atom stereocenters. The number of hydrogen-bond acceptors (Lipinski definition) is 4. The van der Waals surface area contributed by atoms with Gasteiger partial charge in [-0.3, -0.25) is 9.20 Å². The van der Waals surface area contributed by atoms with E-state index >= 15 is 0 Å². The highest BCUT2D eigenvalue weighted by atomic mass is 79.9. The molecule has 1 N–H and O–H groups in total. The van der Waals surface area contributed by atoms with E-state index in [-0.39, 0.29) is 11.9 Å². The number of anilines is 1. The largest absolute Gasteiger partial charge is 0.462 e. The Hall–Kier alpha value is -2.67. The van der Waals surface area contributed by atoms with Crippen LogP contribution in [0.3, 0.4) is 0 Å². The molecule has 3 rings (SSSR count). The van der Waals surface area contributed by atoms with Gasteiger partial charge in [-0.1, -0.05) is 6.92 Å². The van der Waals surface area contributed by atoms with Crippen molar-refractivity contribution in [1.29, 1.82) is 0 Å². The summed E-state index contributed by atoms with van der Waals surface area (Å²) in [5.41, 5.74) is 2.97. The van der Waals surface area contributed by atoms with Crippen molar-refractivity contribution in [3.05, 3.63) is 64.0 Å². The highest BCUT2D eigenvalue weighted by Gasteiger charge is 2.18. The van der Waals surface area contributed by atoms with Gasteiger partial charge >= 0.3 is 5.97 Å². The third kappa shape index (κ3) is 3.62. The normalized spacial score (nSPS) is 10.7. The van der Waals surface area contributed by atoms with Crippen molar-refractivity contribution in [2.24, 2.45) is 0 Å². The molecule has 7 heteroatoms. The van der Waals surface area contributed by atoms with E-state index in [1.165, 1.54) is 0 Å². The zero-order chi connectivity index (χ0) is 18.7. The summed E-state index contributed by atoms with van der Waals surface area (Å²) in [4.78, 5) is 29.0. The average Bonchev–Trinajstić information content (AvgIpc) is 3.00. The number of aromatic nitrogens is 2. The first-order valence-corrected chi connectivity index (χ1v) is 9.07. The van der Waals surface area contributed by atoms with E-state index in [0.29, 0.717) is 35.6 Å². The minimum absolute atomic E-state index is 0.253. The van der Waals surface area contributed by atoms with E-state index in [0.717, 1.165) is 10.2 Å². The van der Waals surface area contributed by atoms with Crippen molar-refractivity contribution in [2.45, 2.75) is 20.3 Å². The Morgan fingerprint density at radius 2 is 1.88 bits per heavy atom. The highest BCUT2D eigenvalue weighted by molar-refractivity contribution is 9.10. The van der Waals surface area contributed by atoms with Gasteiger partial charge in [0.25, 0.3) is 5.91 Å². The molecule has 26 heavy (non-hydrogen) atoms. The molecule has 2 heterocycles. The van der Waals surface area contributed by atoms with E-state index in [1.54, 1.807) is 35.6 Å². The monoisotopic (exact) mass is 415 g/mol. The van der Waals surface area contributed by atoms with E-state index < -0.39 is 0 Å². The second-order valence-corrected chi connectivity index (χ2v) is 6.50. The molecule has 0 saturated carbocycles. The van der Waals surface area contributed by atoms with Crippen molar-refractivity contribution in [1.82, 2.24) is 9.38 Å². The van der Waals surface area contributed by atoms with Gasteiger partial charge < -0.3 is 10.1 Å². The number of carbonyl (C=O) groups excluding carboxylic acids is 2. The molecular formula is C19H18BrN3O3. The van der Waals surface area contributed by atoms with Gasteiger partial charge in [-0.25, -0.2) is 9.78 Å². The van der Waals surface area contributed by atoms with Crippen molar-refractivity contribution < 1.29 is 14.3 Å². The molecule has 1 amide bonds. The fourth-order valence-corrected chi connectivity index (χ4v) is 2.99. The maximum atomic E-state index is 12.8. The van der Waals surface area contributed by atoms with Gasteiger partial charge in [0.15, 0.2) is 0 Å². The van der Waals surface area contributed by atoms with Crippen molar-refractivity contribution >= 4 is 39.1 Å². The van der Waals surface area contributed by atoms with E-state index in [9.17, 15) is 9.59 Å². The summed E-state index contributed by atoms with van der Waals surface area (Å²) in [6.45, 7) is 4.04. The maximum Gasteiger partial charge on any atom is 0.338 e. The van der Waals surface area contributed by atoms with Crippen LogP contribution < -0.4 is 5.32 Å². The van der Waals surface area contributed by atoms with E-state index in [1.807, 2.05) is 25.3 Å². The molecule has 3 aromatic rings. The summed E-state index contributed by atoms with van der Waals surface area (Å²) in [7, 11) is 0. The first-order chi connectivity index (χ1) is 12.5. The minimum Gasteiger partial charge on any atom is -0.462 e. The fraction of sp³-hybridized carbons (Fsp3) is 0.211. The smallest absolute Gasteiger partial charge is 0.338 e. The lowest BCUT2D eigenvalue weighted by Gasteiger charge is -2.08. The molecule has 0 saturated heterocycles.